The Morgan fingerprint density at radius 1 is 1.22 bits per heavy atom. The van der Waals surface area contributed by atoms with Crippen LogP contribution in [0.25, 0.3) is 0 Å². The van der Waals surface area contributed by atoms with E-state index in [-0.39, 0.29) is 12.1 Å². The lowest BCUT2D eigenvalue weighted by molar-refractivity contribution is 0.105. The Balaban J connectivity index is 1.33. The van der Waals surface area contributed by atoms with Gasteiger partial charge >= 0.3 is 6.03 Å². The van der Waals surface area contributed by atoms with Gasteiger partial charge in [0.1, 0.15) is 5.75 Å². The van der Waals surface area contributed by atoms with Gasteiger partial charge in [-0.25, -0.2) is 4.79 Å². The number of benzene rings is 1. The number of carbonyl (C=O) groups is 1. The van der Waals surface area contributed by atoms with Crippen molar-refractivity contribution < 1.29 is 14.3 Å². The topological polar surface area (TPSA) is 50.8 Å². The van der Waals surface area contributed by atoms with Crippen LogP contribution in [0.3, 0.4) is 0 Å². The summed E-state index contributed by atoms with van der Waals surface area (Å²) in [5.41, 5.74) is 0. The number of ether oxygens (including phenoxy) is 2. The lowest BCUT2D eigenvalue weighted by atomic mass is 9.98. The summed E-state index contributed by atoms with van der Waals surface area (Å²) in [6.45, 7) is 3.80. The molecule has 0 radical (unpaired) electrons. The van der Waals surface area contributed by atoms with Crippen LogP contribution in [0.4, 0.5) is 4.79 Å². The van der Waals surface area contributed by atoms with Crippen molar-refractivity contribution >= 4 is 6.03 Å². The minimum absolute atomic E-state index is 0.0444. The van der Waals surface area contributed by atoms with E-state index in [1.165, 1.54) is 0 Å². The Labute approximate surface area is 137 Å². The van der Waals surface area contributed by atoms with E-state index in [4.69, 9.17) is 9.47 Å². The predicted molar refractivity (Wildman–Crippen MR) is 88.6 cm³/mol. The van der Waals surface area contributed by atoms with Gasteiger partial charge in [-0.2, -0.15) is 0 Å². The fourth-order valence-corrected chi connectivity index (χ4v) is 3.15. The number of nitrogens with one attached hydrogen (secondary N) is 1. The van der Waals surface area contributed by atoms with Gasteiger partial charge in [-0.15, -0.1) is 0 Å². The molecule has 126 valence electrons. The highest BCUT2D eigenvalue weighted by Gasteiger charge is 2.24. The van der Waals surface area contributed by atoms with Crippen molar-refractivity contribution in [2.45, 2.75) is 31.8 Å². The van der Waals surface area contributed by atoms with Gasteiger partial charge in [0.15, 0.2) is 0 Å². The third-order valence-electron chi connectivity index (χ3n) is 4.64. The van der Waals surface area contributed by atoms with Gasteiger partial charge in [0.05, 0.1) is 12.7 Å². The summed E-state index contributed by atoms with van der Waals surface area (Å²) in [5.74, 6) is 1.45. The predicted octanol–water partition coefficient (Wildman–Crippen LogP) is 2.67. The molecule has 2 aliphatic rings. The molecule has 2 heterocycles. The highest BCUT2D eigenvalue weighted by Crippen LogP contribution is 2.19. The van der Waals surface area contributed by atoms with Crippen molar-refractivity contribution in [3.8, 4) is 5.75 Å². The van der Waals surface area contributed by atoms with Crippen LogP contribution >= 0.6 is 0 Å². The molecule has 5 nitrogen and oxygen atoms in total. The zero-order chi connectivity index (χ0) is 15.9. The van der Waals surface area contributed by atoms with E-state index in [2.05, 4.69) is 5.32 Å². The van der Waals surface area contributed by atoms with E-state index in [9.17, 15) is 4.79 Å². The summed E-state index contributed by atoms with van der Waals surface area (Å²) in [7, 11) is 0. The lowest BCUT2D eigenvalue weighted by Gasteiger charge is -2.32. The molecule has 2 amide bonds. The van der Waals surface area contributed by atoms with Crippen LogP contribution in [0, 0.1) is 5.92 Å². The van der Waals surface area contributed by atoms with Crippen LogP contribution < -0.4 is 10.1 Å². The molecule has 1 unspecified atom stereocenters. The number of carbonyl (C=O) groups excluding carboxylic acids is 1. The van der Waals surface area contributed by atoms with Crippen LogP contribution in [0.1, 0.15) is 25.7 Å². The molecule has 0 saturated carbocycles. The SMILES string of the molecule is O=C(NCC1CCCO1)N1CCC(COc2ccccc2)CC1. The van der Waals surface area contributed by atoms with Crippen molar-refractivity contribution in [2.75, 3.05) is 32.8 Å². The Morgan fingerprint density at radius 3 is 2.70 bits per heavy atom. The van der Waals surface area contributed by atoms with Crippen LogP contribution in [0.15, 0.2) is 30.3 Å². The van der Waals surface area contributed by atoms with E-state index in [0.717, 1.165) is 57.7 Å². The molecule has 1 aromatic carbocycles. The smallest absolute Gasteiger partial charge is 0.317 e. The second-order valence-corrected chi connectivity index (χ2v) is 6.38. The van der Waals surface area contributed by atoms with Crippen LogP contribution in [-0.2, 0) is 4.74 Å². The second-order valence-electron chi connectivity index (χ2n) is 6.38. The van der Waals surface area contributed by atoms with E-state index < -0.39 is 0 Å². The fourth-order valence-electron chi connectivity index (χ4n) is 3.15. The molecule has 0 aromatic heterocycles. The van der Waals surface area contributed by atoms with Crippen LogP contribution in [0.5, 0.6) is 5.75 Å². The monoisotopic (exact) mass is 318 g/mol. The Hall–Kier alpha value is -1.75. The summed E-state index contributed by atoms with van der Waals surface area (Å²) in [5, 5.41) is 3.00. The molecule has 2 fully saturated rings. The first kappa shape index (κ1) is 16.1. The Morgan fingerprint density at radius 2 is 2.00 bits per heavy atom. The molecule has 1 N–H and O–H groups in total. The quantitative estimate of drug-likeness (QED) is 0.908. The number of hydrogen-bond acceptors (Lipinski definition) is 3. The normalized spacial score (nSPS) is 22.1. The molecule has 2 aliphatic heterocycles. The second kappa shape index (κ2) is 8.20. The van der Waals surface area contributed by atoms with Gasteiger partial charge in [-0.3, -0.25) is 0 Å². The fraction of sp³-hybridized carbons (Fsp3) is 0.611. The molecule has 0 bridgehead atoms. The number of hydrogen-bond donors (Lipinski definition) is 1. The van der Waals surface area contributed by atoms with Gasteiger partial charge < -0.3 is 19.7 Å². The molecule has 0 aliphatic carbocycles. The van der Waals surface area contributed by atoms with Gasteiger partial charge in [0.2, 0.25) is 0 Å². The van der Waals surface area contributed by atoms with Gasteiger partial charge in [0, 0.05) is 26.2 Å². The van der Waals surface area contributed by atoms with Crippen molar-refractivity contribution in [2.24, 2.45) is 5.92 Å². The lowest BCUT2D eigenvalue weighted by Crippen LogP contribution is -2.46. The molecule has 23 heavy (non-hydrogen) atoms. The molecule has 3 rings (SSSR count). The summed E-state index contributed by atoms with van der Waals surface area (Å²) in [6.07, 6.45) is 4.36. The van der Waals surface area contributed by atoms with E-state index in [1.807, 2.05) is 35.2 Å². The largest absolute Gasteiger partial charge is 0.493 e. The van der Waals surface area contributed by atoms with E-state index in [1.54, 1.807) is 0 Å². The number of urea groups is 1. The first-order valence-electron chi connectivity index (χ1n) is 8.63. The summed E-state index contributed by atoms with van der Waals surface area (Å²) >= 11 is 0. The molecule has 5 heteroatoms. The maximum atomic E-state index is 12.2. The third-order valence-corrected chi connectivity index (χ3v) is 4.64. The number of nitrogens with zero attached hydrogens (tertiary/aromatic N) is 1. The van der Waals surface area contributed by atoms with Gasteiger partial charge in [-0.05, 0) is 43.7 Å². The maximum absolute atomic E-state index is 12.2. The van der Waals surface area contributed by atoms with E-state index >= 15 is 0 Å². The Kier molecular flexibility index (Phi) is 5.75. The van der Waals surface area contributed by atoms with Gasteiger partial charge in [-0.1, -0.05) is 18.2 Å². The highest BCUT2D eigenvalue weighted by molar-refractivity contribution is 5.74. The van der Waals surface area contributed by atoms with Gasteiger partial charge in [0.25, 0.3) is 0 Å². The number of likely N-dealkylation sites (tertiary alicyclic amines) is 1. The van der Waals surface area contributed by atoms with Crippen LogP contribution in [0.2, 0.25) is 0 Å². The highest BCUT2D eigenvalue weighted by atomic mass is 16.5. The van der Waals surface area contributed by atoms with Crippen molar-refractivity contribution in [3.63, 3.8) is 0 Å². The zero-order valence-electron chi connectivity index (χ0n) is 13.6. The minimum Gasteiger partial charge on any atom is -0.493 e. The standard InChI is InChI=1S/C18H26N2O3/c21-18(19-13-17-7-4-12-22-17)20-10-8-15(9-11-20)14-23-16-5-2-1-3-6-16/h1-3,5-6,15,17H,4,7-14H2,(H,19,21). The average Bonchev–Trinajstić information content (AvgIpc) is 3.13. The number of rotatable bonds is 5. The molecule has 2 saturated heterocycles. The Bertz CT molecular complexity index is 480. The first-order valence-corrected chi connectivity index (χ1v) is 8.63. The number of para-hydroxylation sites is 1. The van der Waals surface area contributed by atoms with Crippen molar-refractivity contribution in [1.29, 1.82) is 0 Å². The zero-order valence-corrected chi connectivity index (χ0v) is 13.6. The summed E-state index contributed by atoms with van der Waals surface area (Å²) in [6, 6.07) is 9.96. The summed E-state index contributed by atoms with van der Waals surface area (Å²) in [4.78, 5) is 14.1. The molecular formula is C18H26N2O3. The summed E-state index contributed by atoms with van der Waals surface area (Å²) < 4.78 is 11.4. The first-order chi connectivity index (χ1) is 11.3. The maximum Gasteiger partial charge on any atom is 0.317 e. The molecule has 1 aromatic rings. The molecule has 1 atom stereocenters. The van der Waals surface area contributed by atoms with Crippen molar-refractivity contribution in [1.82, 2.24) is 10.2 Å². The van der Waals surface area contributed by atoms with Crippen molar-refractivity contribution in [3.05, 3.63) is 30.3 Å². The number of amides is 2. The van der Waals surface area contributed by atoms with E-state index in [0.29, 0.717) is 12.5 Å². The third kappa shape index (κ3) is 4.86. The average molecular weight is 318 g/mol. The molecule has 0 spiro atoms. The molecular weight excluding hydrogens is 292 g/mol. The number of piperidine rings is 1. The van der Waals surface area contributed by atoms with Crippen LogP contribution in [-0.4, -0.2) is 49.9 Å². The minimum atomic E-state index is 0.0444.